The van der Waals surface area contributed by atoms with Gasteiger partial charge in [-0.2, -0.15) is 0 Å². The van der Waals surface area contributed by atoms with Gasteiger partial charge in [0.25, 0.3) is 0 Å². The molecule has 0 saturated heterocycles. The third kappa shape index (κ3) is 3.13. The average molecular weight is 301 g/mol. The van der Waals surface area contributed by atoms with Crippen molar-refractivity contribution in [3.8, 4) is 0 Å². The van der Waals surface area contributed by atoms with Gasteiger partial charge in [-0.15, -0.1) is 0 Å². The van der Waals surface area contributed by atoms with Crippen LogP contribution in [0.25, 0.3) is 0 Å². The number of carboxylic acid groups (broad SMARTS) is 1. The van der Waals surface area contributed by atoms with Crippen LogP contribution in [0.5, 0.6) is 0 Å². The van der Waals surface area contributed by atoms with Crippen LogP contribution in [-0.4, -0.2) is 21.0 Å². The number of benzene rings is 1. The highest BCUT2D eigenvalue weighted by molar-refractivity contribution is 7.99. The highest BCUT2D eigenvalue weighted by Gasteiger charge is 2.08. The molecular weight excluding hydrogens is 295 g/mol. The van der Waals surface area contributed by atoms with Gasteiger partial charge in [-0.3, -0.25) is 4.98 Å². The van der Waals surface area contributed by atoms with E-state index in [1.165, 1.54) is 24.2 Å². The van der Waals surface area contributed by atoms with Crippen LogP contribution < -0.4 is 0 Å². The van der Waals surface area contributed by atoms with Gasteiger partial charge in [-0.25, -0.2) is 9.78 Å². The van der Waals surface area contributed by atoms with E-state index < -0.39 is 5.97 Å². The lowest BCUT2D eigenvalue weighted by Crippen LogP contribution is -2.01. The molecule has 7 heteroatoms. The number of halogens is 2. The number of aromatic carboxylic acids is 1. The molecule has 0 atom stereocenters. The maximum Gasteiger partial charge on any atom is 0.356 e. The number of nitrogens with zero attached hydrogens (tertiary/aromatic N) is 2. The summed E-state index contributed by atoms with van der Waals surface area (Å²) in [6.45, 7) is 0. The Hall–Kier alpha value is -1.30. The van der Waals surface area contributed by atoms with E-state index in [0.717, 1.165) is 4.90 Å². The number of rotatable bonds is 3. The Morgan fingerprint density at radius 3 is 2.67 bits per heavy atom. The zero-order chi connectivity index (χ0) is 13.1. The van der Waals surface area contributed by atoms with Gasteiger partial charge in [0.2, 0.25) is 0 Å². The Bertz CT molecular complexity index is 607. The van der Waals surface area contributed by atoms with E-state index in [4.69, 9.17) is 28.3 Å². The molecule has 0 aliphatic heterocycles. The predicted molar refractivity (Wildman–Crippen MR) is 69.6 cm³/mol. The number of hydrogen-bond donors (Lipinski definition) is 1. The molecule has 92 valence electrons. The van der Waals surface area contributed by atoms with Gasteiger partial charge in [-0.05, 0) is 18.2 Å². The molecule has 0 radical (unpaired) electrons. The molecule has 0 saturated carbocycles. The number of aromatic nitrogens is 2. The predicted octanol–water partition coefficient (Wildman–Crippen LogP) is 3.63. The molecule has 0 unspecified atom stereocenters. The first-order valence-electron chi connectivity index (χ1n) is 4.74. The van der Waals surface area contributed by atoms with Gasteiger partial charge in [-0.1, -0.05) is 35.0 Å². The van der Waals surface area contributed by atoms with Gasteiger partial charge in [0.15, 0.2) is 5.69 Å². The molecule has 0 amide bonds. The van der Waals surface area contributed by atoms with Crippen LogP contribution in [0.2, 0.25) is 10.0 Å². The zero-order valence-electron chi connectivity index (χ0n) is 8.80. The molecule has 18 heavy (non-hydrogen) atoms. The first kappa shape index (κ1) is 13.1. The highest BCUT2D eigenvalue weighted by atomic mass is 35.5. The molecule has 0 aliphatic carbocycles. The number of carbonyl (C=O) groups is 1. The van der Waals surface area contributed by atoms with E-state index in [2.05, 4.69) is 9.97 Å². The van der Waals surface area contributed by atoms with Crippen molar-refractivity contribution in [1.29, 1.82) is 0 Å². The Morgan fingerprint density at radius 1 is 1.22 bits per heavy atom. The van der Waals surface area contributed by atoms with Crippen LogP contribution in [0, 0.1) is 0 Å². The summed E-state index contributed by atoms with van der Waals surface area (Å²) in [5.41, 5.74) is -0.0972. The van der Waals surface area contributed by atoms with E-state index in [9.17, 15) is 4.79 Å². The molecule has 1 heterocycles. The monoisotopic (exact) mass is 300 g/mol. The third-order valence-electron chi connectivity index (χ3n) is 1.95. The minimum atomic E-state index is -1.11. The summed E-state index contributed by atoms with van der Waals surface area (Å²) in [5.74, 6) is -1.11. The van der Waals surface area contributed by atoms with E-state index in [0.29, 0.717) is 15.1 Å². The molecule has 4 nitrogen and oxygen atoms in total. The minimum absolute atomic E-state index is 0.0972. The second-order valence-corrected chi connectivity index (χ2v) is 5.13. The zero-order valence-corrected chi connectivity index (χ0v) is 11.1. The van der Waals surface area contributed by atoms with Crippen LogP contribution in [0.3, 0.4) is 0 Å². The van der Waals surface area contributed by atoms with Gasteiger partial charge in [0.05, 0.1) is 22.4 Å². The molecule has 1 aromatic carbocycles. The molecule has 1 N–H and O–H groups in total. The Morgan fingerprint density at radius 2 is 2.00 bits per heavy atom. The van der Waals surface area contributed by atoms with Gasteiger partial charge >= 0.3 is 5.97 Å². The number of carboxylic acids is 1. The lowest BCUT2D eigenvalue weighted by atomic mass is 10.4. The van der Waals surface area contributed by atoms with Crippen molar-refractivity contribution >= 4 is 40.9 Å². The van der Waals surface area contributed by atoms with E-state index in [1.54, 1.807) is 18.2 Å². The van der Waals surface area contributed by atoms with Crippen LogP contribution in [0.15, 0.2) is 40.5 Å². The highest BCUT2D eigenvalue weighted by Crippen LogP contribution is 2.31. The first-order chi connectivity index (χ1) is 8.56. The summed E-state index contributed by atoms with van der Waals surface area (Å²) in [6.07, 6.45) is 2.68. The van der Waals surface area contributed by atoms with Crippen molar-refractivity contribution in [2.75, 3.05) is 0 Å². The van der Waals surface area contributed by atoms with Crippen LogP contribution in [0.4, 0.5) is 0 Å². The van der Waals surface area contributed by atoms with Crippen LogP contribution in [0.1, 0.15) is 10.5 Å². The quantitative estimate of drug-likeness (QED) is 0.937. The van der Waals surface area contributed by atoms with E-state index >= 15 is 0 Å². The average Bonchev–Trinajstić information content (AvgIpc) is 2.34. The molecule has 0 fully saturated rings. The van der Waals surface area contributed by atoms with Crippen LogP contribution in [-0.2, 0) is 0 Å². The maximum absolute atomic E-state index is 10.8. The third-order valence-corrected chi connectivity index (χ3v) is 3.58. The molecule has 0 spiro atoms. The largest absolute Gasteiger partial charge is 0.476 e. The second-order valence-electron chi connectivity index (χ2n) is 3.23. The summed E-state index contributed by atoms with van der Waals surface area (Å²) in [7, 11) is 0. The Labute approximate surface area is 117 Å². The normalized spacial score (nSPS) is 10.3. The lowest BCUT2D eigenvalue weighted by Gasteiger charge is -2.03. The standard InChI is InChI=1S/C11H6Cl2N2O2S/c12-7-2-1-6(3-8(7)13)18-10-5-14-4-9(15-10)11(16)17/h1-5H,(H,16,17). The van der Waals surface area contributed by atoms with Gasteiger partial charge in [0, 0.05) is 4.90 Å². The van der Waals surface area contributed by atoms with Crippen molar-refractivity contribution in [1.82, 2.24) is 9.97 Å². The smallest absolute Gasteiger partial charge is 0.356 e. The summed E-state index contributed by atoms with van der Waals surface area (Å²) in [4.78, 5) is 19.3. The first-order valence-corrected chi connectivity index (χ1v) is 6.32. The fourth-order valence-electron chi connectivity index (χ4n) is 1.16. The molecule has 1 aromatic heterocycles. The van der Waals surface area contributed by atoms with E-state index in [-0.39, 0.29) is 5.69 Å². The Kier molecular flexibility index (Phi) is 4.06. The molecule has 2 rings (SSSR count). The SMILES string of the molecule is O=C(O)c1cncc(Sc2ccc(Cl)c(Cl)c2)n1. The summed E-state index contributed by atoms with van der Waals surface area (Å²) in [6, 6.07) is 5.12. The Balaban J connectivity index is 2.25. The maximum atomic E-state index is 10.8. The van der Waals surface area contributed by atoms with Crippen molar-refractivity contribution < 1.29 is 9.90 Å². The summed E-state index contributed by atoms with van der Waals surface area (Å²) in [5, 5.41) is 10.2. The number of hydrogen-bond acceptors (Lipinski definition) is 4. The van der Waals surface area contributed by atoms with Crippen molar-refractivity contribution in [2.45, 2.75) is 9.92 Å². The van der Waals surface area contributed by atoms with Crippen molar-refractivity contribution in [3.63, 3.8) is 0 Å². The molecule has 0 aliphatic rings. The van der Waals surface area contributed by atoms with Gasteiger partial charge in [0.1, 0.15) is 5.03 Å². The molecule has 0 bridgehead atoms. The summed E-state index contributed by atoms with van der Waals surface area (Å²) >= 11 is 13.0. The fourth-order valence-corrected chi connectivity index (χ4v) is 2.34. The van der Waals surface area contributed by atoms with Crippen LogP contribution >= 0.6 is 35.0 Å². The molecular formula is C11H6Cl2N2O2S. The van der Waals surface area contributed by atoms with E-state index in [1.807, 2.05) is 0 Å². The fraction of sp³-hybridized carbons (Fsp3) is 0. The minimum Gasteiger partial charge on any atom is -0.476 e. The van der Waals surface area contributed by atoms with Crippen molar-refractivity contribution in [3.05, 3.63) is 46.3 Å². The summed E-state index contributed by atoms with van der Waals surface area (Å²) < 4.78 is 0. The molecule has 2 aromatic rings. The topological polar surface area (TPSA) is 63.1 Å². The second kappa shape index (κ2) is 5.56. The lowest BCUT2D eigenvalue weighted by molar-refractivity contribution is 0.0689. The van der Waals surface area contributed by atoms with Crippen molar-refractivity contribution in [2.24, 2.45) is 0 Å². The van der Waals surface area contributed by atoms with Gasteiger partial charge < -0.3 is 5.11 Å².